The molecule has 5 heteroatoms. The van der Waals surface area contributed by atoms with Gasteiger partial charge in [-0.25, -0.2) is 8.42 Å². The van der Waals surface area contributed by atoms with Crippen LogP contribution < -0.4 is 0 Å². The van der Waals surface area contributed by atoms with Crippen molar-refractivity contribution in [1.29, 1.82) is 0 Å². The highest BCUT2D eigenvalue weighted by molar-refractivity contribution is 9.13. The molecule has 0 heterocycles. The second-order valence-corrected chi connectivity index (χ2v) is 6.20. The van der Waals surface area contributed by atoms with Crippen molar-refractivity contribution < 1.29 is 8.42 Å². The average Bonchev–Trinajstić information content (AvgIpc) is 2.04. The Kier molecular flexibility index (Phi) is 3.16. The van der Waals surface area contributed by atoms with Gasteiger partial charge in [-0.15, -0.1) is 0 Å². The van der Waals surface area contributed by atoms with E-state index >= 15 is 0 Å². The van der Waals surface area contributed by atoms with Crippen molar-refractivity contribution in [2.45, 2.75) is 4.90 Å². The molecular weight excluding hydrogens is 276 g/mol. The van der Waals surface area contributed by atoms with Gasteiger partial charge < -0.3 is 0 Å². The van der Waals surface area contributed by atoms with Gasteiger partial charge in [0, 0.05) is 5.02 Å². The Morgan fingerprint density at radius 3 is 2.15 bits per heavy atom. The first-order chi connectivity index (χ1) is 5.94. The summed E-state index contributed by atoms with van der Waals surface area (Å²) in [5.41, 5.74) is 0. The minimum absolute atomic E-state index is 0.0534. The Labute approximate surface area is 90.3 Å². The molecule has 0 aliphatic heterocycles. The van der Waals surface area contributed by atoms with E-state index in [4.69, 9.17) is 11.6 Å². The molecule has 0 fully saturated rings. The van der Waals surface area contributed by atoms with E-state index in [0.717, 1.165) is 0 Å². The van der Waals surface area contributed by atoms with Crippen LogP contribution in [0, 0.1) is 0 Å². The molecule has 2 nitrogen and oxygen atoms in total. The molecule has 0 radical (unpaired) electrons. The maximum atomic E-state index is 11.5. The molecule has 0 spiro atoms. The molecule has 1 rings (SSSR count). The van der Waals surface area contributed by atoms with Crippen LogP contribution in [0.4, 0.5) is 0 Å². The Morgan fingerprint density at radius 1 is 1.31 bits per heavy atom. The highest BCUT2D eigenvalue weighted by Gasteiger charge is 2.15. The minimum Gasteiger partial charge on any atom is -0.218 e. The lowest BCUT2D eigenvalue weighted by atomic mass is 10.4. The van der Waals surface area contributed by atoms with Gasteiger partial charge in [0.2, 0.25) is 9.84 Å². The van der Waals surface area contributed by atoms with Gasteiger partial charge in [0.15, 0.2) is 0 Å². The van der Waals surface area contributed by atoms with Crippen molar-refractivity contribution in [2.75, 3.05) is 0 Å². The number of benzene rings is 1. The van der Waals surface area contributed by atoms with E-state index in [1.165, 1.54) is 24.3 Å². The number of sulfone groups is 1. The summed E-state index contributed by atoms with van der Waals surface area (Å²) < 4.78 is 22.9. The summed E-state index contributed by atoms with van der Waals surface area (Å²) in [5.74, 6) is 0. The molecule has 0 bridgehead atoms. The zero-order chi connectivity index (χ0) is 10.1. The molecule has 1 aromatic carbocycles. The van der Waals surface area contributed by atoms with Gasteiger partial charge in [-0.3, -0.25) is 0 Å². The molecule has 0 aliphatic rings. The zero-order valence-electron chi connectivity index (χ0n) is 6.50. The molecule has 1 aromatic rings. The predicted molar refractivity (Wildman–Crippen MR) is 56.7 cm³/mol. The summed E-state index contributed by atoms with van der Waals surface area (Å²) in [6.45, 7) is 3.32. The molecule has 0 aliphatic carbocycles. The van der Waals surface area contributed by atoms with Gasteiger partial charge in [-0.05, 0) is 40.2 Å². The number of hydrogen-bond donors (Lipinski definition) is 0. The third kappa shape index (κ3) is 2.33. The normalized spacial score (nSPS) is 11.2. The van der Waals surface area contributed by atoms with Crippen LogP contribution in [0.1, 0.15) is 0 Å². The van der Waals surface area contributed by atoms with Crippen LogP contribution in [0.25, 0.3) is 0 Å². The lowest BCUT2D eigenvalue weighted by Crippen LogP contribution is -1.98. The van der Waals surface area contributed by atoms with Crippen LogP contribution in [0.3, 0.4) is 0 Å². The van der Waals surface area contributed by atoms with Crippen LogP contribution in [-0.2, 0) is 9.84 Å². The number of rotatable bonds is 2. The molecule has 0 saturated carbocycles. The maximum absolute atomic E-state index is 11.5. The van der Waals surface area contributed by atoms with E-state index in [1.807, 2.05) is 0 Å². The molecule has 0 aromatic heterocycles. The topological polar surface area (TPSA) is 34.1 Å². The van der Waals surface area contributed by atoms with Gasteiger partial charge in [-0.1, -0.05) is 18.2 Å². The summed E-state index contributed by atoms with van der Waals surface area (Å²) in [5, 5.41) is 0.499. The Bertz CT molecular complexity index is 422. The van der Waals surface area contributed by atoms with Crippen LogP contribution >= 0.6 is 27.5 Å². The smallest absolute Gasteiger partial charge is 0.212 e. The minimum atomic E-state index is -3.43. The van der Waals surface area contributed by atoms with Crippen molar-refractivity contribution in [2.24, 2.45) is 0 Å². The van der Waals surface area contributed by atoms with Crippen LogP contribution in [0.15, 0.2) is 39.6 Å². The number of hydrogen-bond acceptors (Lipinski definition) is 2. The van der Waals surface area contributed by atoms with Gasteiger partial charge in [0.1, 0.15) is 3.81 Å². The molecule has 0 unspecified atom stereocenters. The Balaban J connectivity index is 3.25. The first-order valence-corrected chi connectivity index (χ1v) is 5.95. The number of halogens is 2. The van der Waals surface area contributed by atoms with Gasteiger partial charge in [0.25, 0.3) is 0 Å². The van der Waals surface area contributed by atoms with Crippen LogP contribution in [-0.4, -0.2) is 8.42 Å². The lowest BCUT2D eigenvalue weighted by Gasteiger charge is -2.00. The van der Waals surface area contributed by atoms with Crippen LogP contribution in [0.2, 0.25) is 5.02 Å². The predicted octanol–water partition coefficient (Wildman–Crippen LogP) is 2.98. The Morgan fingerprint density at radius 2 is 1.77 bits per heavy atom. The maximum Gasteiger partial charge on any atom is 0.212 e. The van der Waals surface area contributed by atoms with Crippen molar-refractivity contribution in [3.8, 4) is 0 Å². The lowest BCUT2D eigenvalue weighted by molar-refractivity contribution is 0.604. The Hall–Kier alpha value is -0.320. The highest BCUT2D eigenvalue weighted by atomic mass is 79.9. The molecule has 70 valence electrons. The SMILES string of the molecule is C=C(Br)S(=O)(=O)c1ccc(Cl)cc1. The van der Waals surface area contributed by atoms with E-state index in [1.54, 1.807) is 0 Å². The standard InChI is InChI=1S/C8H6BrClO2S/c1-6(9)13(11,12)8-4-2-7(10)3-5-8/h2-5H,1H2. The third-order valence-electron chi connectivity index (χ3n) is 1.42. The van der Waals surface area contributed by atoms with Gasteiger partial charge in [0.05, 0.1) is 4.90 Å². The van der Waals surface area contributed by atoms with Crippen LogP contribution in [0.5, 0.6) is 0 Å². The monoisotopic (exact) mass is 280 g/mol. The summed E-state index contributed by atoms with van der Waals surface area (Å²) in [4.78, 5) is 0.179. The average molecular weight is 282 g/mol. The van der Waals surface area contributed by atoms with E-state index in [9.17, 15) is 8.42 Å². The highest BCUT2D eigenvalue weighted by Crippen LogP contribution is 2.23. The molecule has 0 atom stereocenters. The molecule has 0 N–H and O–H groups in total. The quantitative estimate of drug-likeness (QED) is 0.835. The third-order valence-corrected chi connectivity index (χ3v) is 4.42. The van der Waals surface area contributed by atoms with Crippen molar-refractivity contribution >= 4 is 37.4 Å². The van der Waals surface area contributed by atoms with E-state index < -0.39 is 9.84 Å². The van der Waals surface area contributed by atoms with Crippen molar-refractivity contribution in [1.82, 2.24) is 0 Å². The molecule has 13 heavy (non-hydrogen) atoms. The van der Waals surface area contributed by atoms with Crippen molar-refractivity contribution in [3.05, 3.63) is 39.7 Å². The fraction of sp³-hybridized carbons (Fsp3) is 0. The molecule has 0 saturated heterocycles. The van der Waals surface area contributed by atoms with E-state index in [2.05, 4.69) is 22.5 Å². The van der Waals surface area contributed by atoms with Gasteiger partial charge >= 0.3 is 0 Å². The fourth-order valence-electron chi connectivity index (χ4n) is 0.742. The zero-order valence-corrected chi connectivity index (χ0v) is 9.66. The summed E-state index contributed by atoms with van der Waals surface area (Å²) >= 11 is 8.45. The molecular formula is C8H6BrClO2S. The second-order valence-electron chi connectivity index (χ2n) is 2.31. The first kappa shape index (κ1) is 10.8. The van der Waals surface area contributed by atoms with E-state index in [-0.39, 0.29) is 8.71 Å². The van der Waals surface area contributed by atoms with Crippen molar-refractivity contribution in [3.63, 3.8) is 0 Å². The first-order valence-electron chi connectivity index (χ1n) is 3.29. The molecule has 0 amide bonds. The summed E-state index contributed by atoms with van der Waals surface area (Å²) in [6.07, 6.45) is 0. The fourth-order valence-corrected chi connectivity index (χ4v) is 2.18. The largest absolute Gasteiger partial charge is 0.218 e. The summed E-state index contributed by atoms with van der Waals surface area (Å²) in [6, 6.07) is 5.91. The van der Waals surface area contributed by atoms with E-state index in [0.29, 0.717) is 5.02 Å². The summed E-state index contributed by atoms with van der Waals surface area (Å²) in [7, 11) is -3.43. The van der Waals surface area contributed by atoms with Gasteiger partial charge in [-0.2, -0.15) is 0 Å². The second kappa shape index (κ2) is 3.82.